The molecule has 0 aliphatic carbocycles. The Morgan fingerprint density at radius 2 is 1.88 bits per heavy atom. The van der Waals surface area contributed by atoms with Crippen LogP contribution in [0.1, 0.15) is 20.8 Å². The van der Waals surface area contributed by atoms with Gasteiger partial charge in [-0.25, -0.2) is 4.98 Å². The van der Waals surface area contributed by atoms with Gasteiger partial charge in [-0.05, 0) is 32.9 Å². The van der Waals surface area contributed by atoms with E-state index in [9.17, 15) is 0 Å². The van der Waals surface area contributed by atoms with E-state index in [1.807, 2.05) is 31.3 Å². The Balaban J connectivity index is 2.33. The molecule has 1 aromatic rings. The quantitative estimate of drug-likeness (QED) is 0.767. The number of hydrogen-bond donors (Lipinski definition) is 2. The van der Waals surface area contributed by atoms with Crippen LogP contribution in [0.25, 0.3) is 0 Å². The Morgan fingerprint density at radius 3 is 2.35 bits per heavy atom. The lowest BCUT2D eigenvalue weighted by molar-refractivity contribution is 0.435. The van der Waals surface area contributed by atoms with Crippen molar-refractivity contribution in [2.75, 3.05) is 37.4 Å². The maximum atomic E-state index is 4.35. The molecule has 0 bridgehead atoms. The Hall–Kier alpha value is -1.29. The molecular weight excluding hydrogens is 212 g/mol. The molecule has 1 heterocycles. The first kappa shape index (κ1) is 13.8. The molecule has 0 saturated heterocycles. The Bertz CT molecular complexity index is 324. The van der Waals surface area contributed by atoms with Gasteiger partial charge in [0, 0.05) is 32.7 Å². The second kappa shape index (κ2) is 5.87. The molecule has 0 aliphatic rings. The van der Waals surface area contributed by atoms with Crippen LogP contribution in [0.2, 0.25) is 0 Å². The largest absolute Gasteiger partial charge is 0.383 e. The zero-order chi connectivity index (χ0) is 12.9. The molecule has 2 N–H and O–H groups in total. The highest BCUT2D eigenvalue weighted by atomic mass is 15.1. The molecule has 0 fully saturated rings. The van der Waals surface area contributed by atoms with Crippen molar-refractivity contribution in [2.45, 2.75) is 26.3 Å². The minimum absolute atomic E-state index is 0.175. The number of aromatic nitrogens is 1. The molecule has 0 unspecified atom stereocenters. The summed E-state index contributed by atoms with van der Waals surface area (Å²) < 4.78 is 0. The van der Waals surface area contributed by atoms with Crippen molar-refractivity contribution in [1.82, 2.24) is 10.3 Å². The molecule has 0 aliphatic heterocycles. The van der Waals surface area contributed by atoms with E-state index in [1.165, 1.54) is 0 Å². The Kier molecular flexibility index (Phi) is 4.75. The lowest BCUT2D eigenvalue weighted by Gasteiger charge is -2.20. The molecule has 0 spiro atoms. The van der Waals surface area contributed by atoms with Gasteiger partial charge in [-0.2, -0.15) is 0 Å². The van der Waals surface area contributed by atoms with E-state index in [-0.39, 0.29) is 5.54 Å². The summed E-state index contributed by atoms with van der Waals surface area (Å²) in [5.41, 5.74) is 1.24. The highest BCUT2D eigenvalue weighted by Crippen LogP contribution is 2.11. The number of pyridine rings is 1. The van der Waals surface area contributed by atoms with Crippen molar-refractivity contribution in [3.05, 3.63) is 18.3 Å². The third kappa shape index (κ3) is 5.54. The second-order valence-corrected chi connectivity index (χ2v) is 5.40. The van der Waals surface area contributed by atoms with E-state index in [0.717, 1.165) is 24.6 Å². The number of anilines is 2. The molecule has 1 rings (SSSR count). The van der Waals surface area contributed by atoms with Crippen LogP contribution in [0.3, 0.4) is 0 Å². The third-order valence-electron chi connectivity index (χ3n) is 2.32. The summed E-state index contributed by atoms with van der Waals surface area (Å²) in [5, 5.41) is 6.77. The molecule has 96 valence electrons. The van der Waals surface area contributed by atoms with Crippen molar-refractivity contribution in [3.63, 3.8) is 0 Å². The summed E-state index contributed by atoms with van der Waals surface area (Å²) in [7, 11) is 3.98. The van der Waals surface area contributed by atoms with Crippen LogP contribution in [0.4, 0.5) is 11.5 Å². The monoisotopic (exact) mass is 236 g/mol. The molecule has 4 heteroatoms. The maximum Gasteiger partial charge on any atom is 0.128 e. The van der Waals surface area contributed by atoms with Gasteiger partial charge in [-0.1, -0.05) is 0 Å². The lowest BCUT2D eigenvalue weighted by Crippen LogP contribution is -2.38. The van der Waals surface area contributed by atoms with Crippen LogP contribution in [0, 0.1) is 0 Å². The fourth-order valence-electron chi connectivity index (χ4n) is 1.40. The van der Waals surface area contributed by atoms with E-state index in [4.69, 9.17) is 0 Å². The predicted molar refractivity (Wildman–Crippen MR) is 74.8 cm³/mol. The van der Waals surface area contributed by atoms with E-state index in [0.29, 0.717) is 0 Å². The fourth-order valence-corrected chi connectivity index (χ4v) is 1.40. The van der Waals surface area contributed by atoms with Crippen molar-refractivity contribution in [3.8, 4) is 0 Å². The second-order valence-electron chi connectivity index (χ2n) is 5.40. The lowest BCUT2D eigenvalue weighted by atomic mass is 10.1. The molecule has 0 radical (unpaired) electrons. The number of hydrogen-bond acceptors (Lipinski definition) is 4. The molecule has 0 atom stereocenters. The first-order chi connectivity index (χ1) is 7.88. The van der Waals surface area contributed by atoms with Crippen molar-refractivity contribution < 1.29 is 0 Å². The van der Waals surface area contributed by atoms with Crippen LogP contribution in [0.5, 0.6) is 0 Å². The fraction of sp³-hybridized carbons (Fsp3) is 0.615. The van der Waals surface area contributed by atoms with Crippen molar-refractivity contribution in [2.24, 2.45) is 0 Å². The van der Waals surface area contributed by atoms with Gasteiger partial charge in [0.25, 0.3) is 0 Å². The molecular formula is C13H24N4. The van der Waals surface area contributed by atoms with Gasteiger partial charge in [0.1, 0.15) is 5.82 Å². The number of nitrogens with zero attached hydrogens (tertiary/aromatic N) is 2. The van der Waals surface area contributed by atoms with Gasteiger partial charge in [0.2, 0.25) is 0 Å². The average Bonchev–Trinajstić information content (AvgIpc) is 2.24. The highest BCUT2D eigenvalue weighted by molar-refractivity contribution is 5.47. The summed E-state index contributed by atoms with van der Waals surface area (Å²) in [6, 6.07) is 4.07. The first-order valence-corrected chi connectivity index (χ1v) is 6.01. The standard InChI is InChI=1S/C13H24N4/c1-13(2,3)16-9-8-14-11-6-7-12(15-10-11)17(4)5/h6-7,10,14,16H,8-9H2,1-5H3. The van der Waals surface area contributed by atoms with E-state index < -0.39 is 0 Å². The minimum Gasteiger partial charge on any atom is -0.383 e. The van der Waals surface area contributed by atoms with Crippen LogP contribution >= 0.6 is 0 Å². The Morgan fingerprint density at radius 1 is 1.18 bits per heavy atom. The van der Waals surface area contributed by atoms with Gasteiger partial charge in [0.05, 0.1) is 11.9 Å². The number of nitrogens with one attached hydrogen (secondary N) is 2. The zero-order valence-electron chi connectivity index (χ0n) is 11.5. The smallest absolute Gasteiger partial charge is 0.128 e. The minimum atomic E-state index is 0.175. The molecule has 0 amide bonds. The molecule has 0 saturated carbocycles. The van der Waals surface area contributed by atoms with E-state index in [2.05, 4.69) is 42.5 Å². The molecule has 4 nitrogen and oxygen atoms in total. The van der Waals surface area contributed by atoms with Crippen molar-refractivity contribution >= 4 is 11.5 Å². The number of rotatable bonds is 5. The van der Waals surface area contributed by atoms with Crippen LogP contribution in [0.15, 0.2) is 18.3 Å². The topological polar surface area (TPSA) is 40.2 Å². The van der Waals surface area contributed by atoms with Gasteiger partial charge in [0.15, 0.2) is 0 Å². The highest BCUT2D eigenvalue weighted by Gasteiger charge is 2.06. The normalized spacial score (nSPS) is 11.4. The van der Waals surface area contributed by atoms with Gasteiger partial charge in [-0.3, -0.25) is 0 Å². The SMILES string of the molecule is CN(C)c1ccc(NCCNC(C)(C)C)cn1. The summed E-state index contributed by atoms with van der Waals surface area (Å²) in [4.78, 5) is 6.34. The predicted octanol–water partition coefficient (Wildman–Crippen LogP) is 1.95. The van der Waals surface area contributed by atoms with Crippen molar-refractivity contribution in [1.29, 1.82) is 0 Å². The van der Waals surface area contributed by atoms with Gasteiger partial charge in [-0.15, -0.1) is 0 Å². The molecule has 0 aromatic carbocycles. The third-order valence-corrected chi connectivity index (χ3v) is 2.32. The van der Waals surface area contributed by atoms with Gasteiger partial charge >= 0.3 is 0 Å². The first-order valence-electron chi connectivity index (χ1n) is 6.01. The molecule has 1 aromatic heterocycles. The zero-order valence-corrected chi connectivity index (χ0v) is 11.5. The summed E-state index contributed by atoms with van der Waals surface area (Å²) in [6.07, 6.45) is 1.87. The summed E-state index contributed by atoms with van der Waals surface area (Å²) >= 11 is 0. The van der Waals surface area contributed by atoms with Crippen LogP contribution in [-0.2, 0) is 0 Å². The summed E-state index contributed by atoms with van der Waals surface area (Å²) in [5.74, 6) is 0.975. The van der Waals surface area contributed by atoms with E-state index in [1.54, 1.807) is 0 Å². The molecule has 17 heavy (non-hydrogen) atoms. The Labute approximate surface area is 104 Å². The van der Waals surface area contributed by atoms with E-state index >= 15 is 0 Å². The van der Waals surface area contributed by atoms with Crippen LogP contribution < -0.4 is 15.5 Å². The maximum absolute atomic E-state index is 4.35. The average molecular weight is 236 g/mol. The van der Waals surface area contributed by atoms with Gasteiger partial charge < -0.3 is 15.5 Å². The van der Waals surface area contributed by atoms with Crippen LogP contribution in [-0.4, -0.2) is 37.7 Å². The summed E-state index contributed by atoms with van der Waals surface area (Å²) in [6.45, 7) is 8.35.